The van der Waals surface area contributed by atoms with Crippen LogP contribution in [0.5, 0.6) is 0 Å². The number of benzene rings is 8. The molecule has 57 heavy (non-hydrogen) atoms. The molecule has 0 aliphatic carbocycles. The van der Waals surface area contributed by atoms with Crippen LogP contribution in [-0.4, -0.2) is 16.2 Å². The summed E-state index contributed by atoms with van der Waals surface area (Å²) in [5, 5.41) is 7.15. The van der Waals surface area contributed by atoms with E-state index < -0.39 is 0 Å². The van der Waals surface area contributed by atoms with Crippen LogP contribution in [0.1, 0.15) is 16.7 Å². The van der Waals surface area contributed by atoms with Gasteiger partial charge < -0.3 is 14.7 Å². The highest BCUT2D eigenvalue weighted by Gasteiger charge is 2.19. The molecule has 0 amide bonds. The Bertz CT molecular complexity index is 3340. The fourth-order valence-corrected chi connectivity index (χ4v) is 9.49. The van der Waals surface area contributed by atoms with E-state index >= 15 is 0 Å². The number of fused-ring (bicyclic) bond motifs is 9. The van der Waals surface area contributed by atoms with Crippen molar-refractivity contribution in [1.29, 1.82) is 0 Å². The first-order chi connectivity index (χ1) is 28.2. The summed E-state index contributed by atoms with van der Waals surface area (Å²) in [5.41, 5.74) is 16.7. The van der Waals surface area contributed by atoms with E-state index in [1.807, 2.05) is 72.0 Å². The second-order valence-corrected chi connectivity index (χ2v) is 15.3. The molecule has 3 aromatic heterocycles. The van der Waals surface area contributed by atoms with E-state index in [0.29, 0.717) is 18.2 Å². The maximum atomic E-state index is 6.90. The third-order valence-electron chi connectivity index (χ3n) is 10.9. The SMILES string of the molecule is N/C(=N\C(=N/Cc1cccc2c1oc1c(-c3cccc4c3sc3ccc(-n5c6ccccc6c6ccccc65)cc34)cccc12)c1ccccc1)c1ccccc1. The van der Waals surface area contributed by atoms with Crippen LogP contribution in [0.25, 0.3) is 80.7 Å². The summed E-state index contributed by atoms with van der Waals surface area (Å²) in [6.45, 7) is 0.377. The Labute approximate surface area is 332 Å². The summed E-state index contributed by atoms with van der Waals surface area (Å²) < 4.78 is 11.8. The maximum absolute atomic E-state index is 6.90. The Morgan fingerprint density at radius 2 is 1.12 bits per heavy atom. The van der Waals surface area contributed by atoms with Gasteiger partial charge in [0.15, 0.2) is 5.84 Å². The summed E-state index contributed by atoms with van der Waals surface area (Å²) in [6.07, 6.45) is 0. The molecule has 0 saturated carbocycles. The van der Waals surface area contributed by atoms with Gasteiger partial charge >= 0.3 is 0 Å². The maximum Gasteiger partial charge on any atom is 0.157 e. The molecule has 2 N–H and O–H groups in total. The Hall–Kier alpha value is -7.28. The Balaban J connectivity index is 1.02. The molecular weight excluding hydrogens is 717 g/mol. The smallest absolute Gasteiger partial charge is 0.157 e. The number of hydrogen-bond donors (Lipinski definition) is 1. The lowest BCUT2D eigenvalue weighted by atomic mass is 10.00. The van der Waals surface area contributed by atoms with E-state index in [4.69, 9.17) is 20.1 Å². The van der Waals surface area contributed by atoms with Crippen LogP contribution < -0.4 is 5.73 Å². The Morgan fingerprint density at radius 3 is 1.86 bits per heavy atom. The summed E-state index contributed by atoms with van der Waals surface area (Å²) >= 11 is 1.84. The largest absolute Gasteiger partial charge is 0.455 e. The van der Waals surface area contributed by atoms with Gasteiger partial charge in [0.05, 0.1) is 17.6 Å². The minimum absolute atomic E-state index is 0.377. The van der Waals surface area contributed by atoms with Gasteiger partial charge in [-0.05, 0) is 30.3 Å². The Kier molecular flexibility index (Phi) is 7.83. The molecule has 0 atom stereocenters. The number of hydrogen-bond acceptors (Lipinski definition) is 3. The highest BCUT2D eigenvalue weighted by Crippen LogP contribution is 2.45. The van der Waals surface area contributed by atoms with Crippen molar-refractivity contribution in [3.63, 3.8) is 0 Å². The van der Waals surface area contributed by atoms with E-state index in [2.05, 4.69) is 126 Å². The van der Waals surface area contributed by atoms with Crippen molar-refractivity contribution in [2.24, 2.45) is 15.7 Å². The van der Waals surface area contributed by atoms with Gasteiger partial charge in [-0.2, -0.15) is 0 Å². The van der Waals surface area contributed by atoms with E-state index in [-0.39, 0.29) is 0 Å². The molecule has 8 aromatic carbocycles. The van der Waals surface area contributed by atoms with E-state index in [1.54, 1.807) is 0 Å². The molecule has 0 bridgehead atoms. The molecule has 5 nitrogen and oxygen atoms in total. The predicted octanol–water partition coefficient (Wildman–Crippen LogP) is 13.1. The lowest BCUT2D eigenvalue weighted by Crippen LogP contribution is -2.16. The van der Waals surface area contributed by atoms with Crippen LogP contribution in [0, 0.1) is 0 Å². The molecule has 270 valence electrons. The van der Waals surface area contributed by atoms with Gasteiger partial charge in [0.2, 0.25) is 0 Å². The molecule has 0 unspecified atom stereocenters. The van der Waals surface area contributed by atoms with Crippen molar-refractivity contribution in [3.8, 4) is 16.8 Å². The molecule has 0 spiro atoms. The monoisotopic (exact) mass is 750 g/mol. The van der Waals surface area contributed by atoms with Gasteiger partial charge in [-0.25, -0.2) is 4.99 Å². The highest BCUT2D eigenvalue weighted by molar-refractivity contribution is 7.26. The van der Waals surface area contributed by atoms with Crippen molar-refractivity contribution in [3.05, 3.63) is 199 Å². The first-order valence-corrected chi connectivity index (χ1v) is 19.9. The normalized spacial score (nSPS) is 12.6. The molecule has 11 aromatic rings. The number of nitrogens with zero attached hydrogens (tertiary/aromatic N) is 3. The van der Waals surface area contributed by atoms with Crippen molar-refractivity contribution >= 4 is 86.9 Å². The molecule has 0 saturated heterocycles. The van der Waals surface area contributed by atoms with Crippen LogP contribution in [-0.2, 0) is 6.54 Å². The van der Waals surface area contributed by atoms with Crippen molar-refractivity contribution < 1.29 is 4.42 Å². The Morgan fingerprint density at radius 1 is 0.526 bits per heavy atom. The molecule has 0 aliphatic heterocycles. The molecular formula is C51H34N4OS. The minimum Gasteiger partial charge on any atom is -0.455 e. The second kappa shape index (κ2) is 13.5. The molecule has 0 radical (unpaired) electrons. The minimum atomic E-state index is 0.377. The third kappa shape index (κ3) is 5.53. The summed E-state index contributed by atoms with van der Waals surface area (Å²) in [6, 6.07) is 63.4. The zero-order chi connectivity index (χ0) is 37.9. The fraction of sp³-hybridized carbons (Fsp3) is 0.0196. The van der Waals surface area contributed by atoms with Gasteiger partial charge in [0, 0.05) is 75.2 Å². The van der Waals surface area contributed by atoms with Crippen molar-refractivity contribution in [2.75, 3.05) is 0 Å². The van der Waals surface area contributed by atoms with Crippen LogP contribution in [0.2, 0.25) is 0 Å². The summed E-state index contributed by atoms with van der Waals surface area (Å²) in [4.78, 5) is 9.86. The number of thiophene rings is 1. The zero-order valence-corrected chi connectivity index (χ0v) is 31.6. The number of rotatable bonds is 6. The first kappa shape index (κ1) is 33.1. The molecule has 0 fully saturated rings. The number of para-hydroxylation sites is 4. The first-order valence-electron chi connectivity index (χ1n) is 19.1. The van der Waals surface area contributed by atoms with Gasteiger partial charge in [-0.1, -0.05) is 152 Å². The number of furan rings is 1. The van der Waals surface area contributed by atoms with Crippen molar-refractivity contribution in [1.82, 2.24) is 4.57 Å². The zero-order valence-electron chi connectivity index (χ0n) is 30.8. The third-order valence-corrected chi connectivity index (χ3v) is 12.2. The van der Waals surface area contributed by atoms with Crippen LogP contribution >= 0.6 is 11.3 Å². The second-order valence-electron chi connectivity index (χ2n) is 14.3. The average molecular weight is 751 g/mol. The standard InChI is InChI=1S/C51H34N4OS/c52-50(32-14-3-1-4-15-32)54-51(33-16-5-2-6-17-33)53-31-34-18-11-21-38-39-22-12-23-40(48(39)56-47(34)38)41-24-13-25-42-43-30-35(28-29-46(43)57-49(41)42)55-44-26-9-7-19-36(44)37-20-8-10-27-45(37)55/h1-30H,31H2,(H2,52,53,54). The van der Waals surface area contributed by atoms with Crippen LogP contribution in [0.4, 0.5) is 0 Å². The van der Waals surface area contributed by atoms with Crippen LogP contribution in [0.3, 0.4) is 0 Å². The van der Waals surface area contributed by atoms with E-state index in [0.717, 1.165) is 55.4 Å². The highest BCUT2D eigenvalue weighted by atomic mass is 32.1. The summed E-state index contributed by atoms with van der Waals surface area (Å²) in [7, 11) is 0. The lowest BCUT2D eigenvalue weighted by molar-refractivity contribution is 0.664. The molecule has 0 aliphatic rings. The van der Waals surface area contributed by atoms with Gasteiger partial charge in [0.25, 0.3) is 0 Å². The van der Waals surface area contributed by atoms with E-state index in [1.165, 1.54) is 42.0 Å². The predicted molar refractivity (Wildman–Crippen MR) is 240 cm³/mol. The number of aromatic nitrogens is 1. The number of nitrogens with two attached hydrogens (primary N) is 1. The topological polar surface area (TPSA) is 68.8 Å². The molecule has 6 heteroatoms. The van der Waals surface area contributed by atoms with Gasteiger partial charge in [0.1, 0.15) is 17.0 Å². The lowest BCUT2D eigenvalue weighted by Gasteiger charge is -2.08. The van der Waals surface area contributed by atoms with E-state index in [9.17, 15) is 0 Å². The molecule has 11 rings (SSSR count). The quantitative estimate of drug-likeness (QED) is 0.136. The van der Waals surface area contributed by atoms with Gasteiger partial charge in [-0.3, -0.25) is 4.99 Å². The molecule has 3 heterocycles. The van der Waals surface area contributed by atoms with Gasteiger partial charge in [-0.15, -0.1) is 11.3 Å². The average Bonchev–Trinajstić information content (AvgIpc) is 3.95. The number of amidine groups is 2. The van der Waals surface area contributed by atoms with Crippen LogP contribution in [0.15, 0.2) is 196 Å². The number of aliphatic imine (C=N–C) groups is 2. The summed E-state index contributed by atoms with van der Waals surface area (Å²) in [5.74, 6) is 0.992. The van der Waals surface area contributed by atoms with Crippen molar-refractivity contribution in [2.45, 2.75) is 6.54 Å². The fourth-order valence-electron chi connectivity index (χ4n) is 8.28.